The summed E-state index contributed by atoms with van der Waals surface area (Å²) in [6.07, 6.45) is 4.65. The van der Waals surface area contributed by atoms with Gasteiger partial charge in [-0.25, -0.2) is 8.91 Å². The lowest BCUT2D eigenvalue weighted by molar-refractivity contribution is -0.00177. The van der Waals surface area contributed by atoms with Crippen molar-refractivity contribution in [3.05, 3.63) is 82.5 Å². The second kappa shape index (κ2) is 10.9. The molecule has 0 aromatic carbocycles. The van der Waals surface area contributed by atoms with Gasteiger partial charge in [0.05, 0.1) is 52.1 Å². The van der Waals surface area contributed by atoms with Crippen molar-refractivity contribution in [3.63, 3.8) is 0 Å². The maximum absolute atomic E-state index is 14.3. The third kappa shape index (κ3) is 5.72. The number of pyridine rings is 2. The van der Waals surface area contributed by atoms with Gasteiger partial charge in [-0.2, -0.15) is 10.4 Å². The van der Waals surface area contributed by atoms with Gasteiger partial charge in [0.1, 0.15) is 12.2 Å². The highest BCUT2D eigenvalue weighted by Crippen LogP contribution is 2.33. The highest BCUT2D eigenvalue weighted by Gasteiger charge is 2.31. The van der Waals surface area contributed by atoms with E-state index in [1.807, 2.05) is 18.2 Å². The van der Waals surface area contributed by atoms with Crippen molar-refractivity contribution in [2.45, 2.75) is 51.0 Å². The lowest BCUT2D eigenvalue weighted by Crippen LogP contribution is -2.42. The van der Waals surface area contributed by atoms with Crippen LogP contribution in [0.2, 0.25) is 0 Å². The molecule has 206 valence electrons. The molecule has 10 nitrogen and oxygen atoms in total. The average Bonchev–Trinajstić information content (AvgIpc) is 3.34. The van der Waals surface area contributed by atoms with E-state index >= 15 is 0 Å². The maximum atomic E-state index is 14.3. The maximum Gasteiger partial charge on any atom is 0.255 e. The first-order chi connectivity index (χ1) is 19.1. The zero-order chi connectivity index (χ0) is 28.4. The van der Waals surface area contributed by atoms with Gasteiger partial charge < -0.3 is 20.3 Å². The van der Waals surface area contributed by atoms with Gasteiger partial charge in [0.2, 0.25) is 0 Å². The topological polar surface area (TPSA) is 137 Å². The number of halogens is 1. The molecule has 1 aliphatic carbocycles. The Bertz CT molecular complexity index is 1640. The molecule has 1 amide bonds. The molecule has 0 aliphatic heterocycles. The summed E-state index contributed by atoms with van der Waals surface area (Å²) in [5.41, 5.74) is 1.55. The fraction of sp³-hybridized carbons (Fsp3) is 0.345. The lowest BCUT2D eigenvalue weighted by Gasteiger charge is -2.37. The van der Waals surface area contributed by atoms with Crippen molar-refractivity contribution in [2.24, 2.45) is 5.92 Å². The Hall–Kier alpha value is -4.56. The van der Waals surface area contributed by atoms with Crippen molar-refractivity contribution in [3.8, 4) is 17.5 Å². The molecule has 0 radical (unpaired) electrons. The largest absolute Gasteiger partial charge is 0.387 e. The molecule has 0 spiro atoms. The van der Waals surface area contributed by atoms with E-state index in [1.165, 1.54) is 26.2 Å². The number of nitrogens with zero attached hydrogens (tertiary/aromatic N) is 5. The number of nitrogens with one attached hydrogen (secondary N) is 2. The van der Waals surface area contributed by atoms with Crippen LogP contribution in [0.5, 0.6) is 0 Å². The number of hydrogen-bond acceptors (Lipinski definition) is 7. The molecule has 0 saturated heterocycles. The monoisotopic (exact) mass is 543 g/mol. The minimum absolute atomic E-state index is 0.0382. The second-order valence-electron chi connectivity index (χ2n) is 10.7. The quantitative estimate of drug-likeness (QED) is 0.295. The van der Waals surface area contributed by atoms with Gasteiger partial charge in [-0.15, -0.1) is 0 Å². The number of anilines is 1. The summed E-state index contributed by atoms with van der Waals surface area (Å²) in [7, 11) is 0. The average molecular weight is 544 g/mol. The minimum Gasteiger partial charge on any atom is -0.387 e. The van der Waals surface area contributed by atoms with E-state index in [1.54, 1.807) is 39.5 Å². The summed E-state index contributed by atoms with van der Waals surface area (Å²) >= 11 is 0. The summed E-state index contributed by atoms with van der Waals surface area (Å²) in [5, 5.41) is 29.4. The lowest BCUT2D eigenvalue weighted by atomic mass is 9.80. The first-order valence-corrected chi connectivity index (χ1v) is 13.1. The van der Waals surface area contributed by atoms with Crippen LogP contribution in [0.25, 0.3) is 16.9 Å². The van der Waals surface area contributed by atoms with Gasteiger partial charge in [-0.05, 0) is 62.9 Å². The van der Waals surface area contributed by atoms with Crippen LogP contribution in [0.1, 0.15) is 42.6 Å². The molecule has 4 aromatic heterocycles. The van der Waals surface area contributed by atoms with Crippen LogP contribution in [-0.2, 0) is 6.54 Å². The van der Waals surface area contributed by atoms with Crippen LogP contribution in [0.3, 0.4) is 0 Å². The number of aliphatic hydroxyl groups is 1. The zero-order valence-electron chi connectivity index (χ0n) is 22.2. The Morgan fingerprint density at radius 3 is 2.77 bits per heavy atom. The molecule has 1 saturated carbocycles. The fourth-order valence-corrected chi connectivity index (χ4v) is 4.79. The molecule has 1 aliphatic rings. The predicted octanol–water partition coefficient (Wildman–Crippen LogP) is 3.16. The molecule has 5 rings (SSSR count). The van der Waals surface area contributed by atoms with Crippen LogP contribution in [0, 0.1) is 17.2 Å². The van der Waals surface area contributed by atoms with Gasteiger partial charge in [-0.3, -0.25) is 14.6 Å². The number of carbonyl (C=O) groups is 1. The molecule has 1 unspecified atom stereocenters. The van der Waals surface area contributed by atoms with Gasteiger partial charge >= 0.3 is 0 Å². The van der Waals surface area contributed by atoms with Gasteiger partial charge in [-0.1, -0.05) is 6.07 Å². The van der Waals surface area contributed by atoms with Gasteiger partial charge in [0.15, 0.2) is 0 Å². The first-order valence-electron chi connectivity index (χ1n) is 13.1. The summed E-state index contributed by atoms with van der Waals surface area (Å²) < 4.78 is 17.7. The van der Waals surface area contributed by atoms with E-state index in [0.29, 0.717) is 35.1 Å². The van der Waals surface area contributed by atoms with Crippen LogP contribution in [0.4, 0.5) is 10.1 Å². The Kier molecular flexibility index (Phi) is 7.36. The van der Waals surface area contributed by atoms with Crippen LogP contribution in [-0.4, -0.2) is 54.5 Å². The number of amides is 1. The molecule has 4 heterocycles. The summed E-state index contributed by atoms with van der Waals surface area (Å²) in [6.45, 7) is 2.96. The van der Waals surface area contributed by atoms with E-state index < -0.39 is 17.7 Å². The SMILES string of the molecule is CC(C)(O)C(F)CNC(=O)c1cnc(-c2ccc3cc(C#N)cnn23)cc1NC1CC(Cn2ccccc2=O)C1. The molecule has 4 aromatic rings. The third-order valence-corrected chi connectivity index (χ3v) is 7.20. The minimum atomic E-state index is -1.65. The number of rotatable bonds is 9. The number of aromatic nitrogens is 4. The normalized spacial score (nSPS) is 17.6. The number of alkyl halides is 1. The Balaban J connectivity index is 1.38. The van der Waals surface area contributed by atoms with Gasteiger partial charge in [0.25, 0.3) is 11.5 Å². The molecule has 11 heteroatoms. The predicted molar refractivity (Wildman–Crippen MR) is 148 cm³/mol. The molecule has 1 atom stereocenters. The van der Waals surface area contributed by atoms with E-state index in [4.69, 9.17) is 0 Å². The van der Waals surface area contributed by atoms with Crippen molar-refractivity contribution in [1.82, 2.24) is 24.5 Å². The summed E-state index contributed by atoms with van der Waals surface area (Å²) in [5.74, 6) is -0.208. The van der Waals surface area contributed by atoms with Crippen molar-refractivity contribution in [1.29, 1.82) is 5.26 Å². The number of fused-ring (bicyclic) bond motifs is 1. The summed E-state index contributed by atoms with van der Waals surface area (Å²) in [6, 6.07) is 14.4. The Labute approximate surface area is 230 Å². The second-order valence-corrected chi connectivity index (χ2v) is 10.7. The van der Waals surface area contributed by atoms with Crippen molar-refractivity contribution < 1.29 is 14.3 Å². The van der Waals surface area contributed by atoms with Crippen molar-refractivity contribution in [2.75, 3.05) is 11.9 Å². The number of nitriles is 1. The molecular formula is C29H30FN7O3. The number of hydrogen-bond donors (Lipinski definition) is 3. The highest BCUT2D eigenvalue weighted by molar-refractivity contribution is 6.00. The highest BCUT2D eigenvalue weighted by atomic mass is 19.1. The van der Waals surface area contributed by atoms with Crippen LogP contribution < -0.4 is 16.2 Å². The standard InChI is InChI=1S/C29H30FN7O3/c1-29(2,40)26(30)16-33-28(39)22-15-32-24(25-7-6-21-11-19(13-31)14-34-37(21)25)12-23(22)35-20-9-18(10-20)17-36-8-4-3-5-27(36)38/h3-8,11-12,14-15,18,20,26,40H,9-10,16-17H2,1-2H3,(H,32,35)(H,33,39). The zero-order valence-corrected chi connectivity index (χ0v) is 22.2. The van der Waals surface area contributed by atoms with E-state index in [9.17, 15) is 24.3 Å². The number of carbonyl (C=O) groups excluding carboxylic acids is 1. The molecule has 3 N–H and O–H groups in total. The third-order valence-electron chi connectivity index (χ3n) is 7.20. The Morgan fingerprint density at radius 2 is 2.05 bits per heavy atom. The first kappa shape index (κ1) is 27.0. The molecule has 40 heavy (non-hydrogen) atoms. The van der Waals surface area contributed by atoms with E-state index in [2.05, 4.69) is 26.8 Å². The Morgan fingerprint density at radius 1 is 1.25 bits per heavy atom. The van der Waals surface area contributed by atoms with Crippen molar-refractivity contribution >= 4 is 17.1 Å². The van der Waals surface area contributed by atoms with Crippen LogP contribution in [0.15, 0.2) is 65.8 Å². The fourth-order valence-electron chi connectivity index (χ4n) is 4.79. The van der Waals surface area contributed by atoms with E-state index in [0.717, 1.165) is 18.4 Å². The smallest absolute Gasteiger partial charge is 0.255 e. The van der Waals surface area contributed by atoms with Crippen LogP contribution >= 0.6 is 0 Å². The van der Waals surface area contributed by atoms with E-state index in [-0.39, 0.29) is 23.7 Å². The van der Waals surface area contributed by atoms with Gasteiger partial charge in [0, 0.05) is 31.0 Å². The molecule has 1 fully saturated rings. The molecular weight excluding hydrogens is 513 g/mol. The molecule has 0 bridgehead atoms. The summed E-state index contributed by atoms with van der Waals surface area (Å²) in [4.78, 5) is 29.6.